The molecule has 1 atom stereocenters. The highest BCUT2D eigenvalue weighted by molar-refractivity contribution is 7.92. The first-order valence-electron chi connectivity index (χ1n) is 10.6. The largest absolute Gasteiger partial charge is 0.354 e. The molecule has 0 aliphatic rings. The maximum atomic E-state index is 13.4. The van der Waals surface area contributed by atoms with Gasteiger partial charge >= 0.3 is 0 Å². The Hall–Kier alpha value is -2.87. The van der Waals surface area contributed by atoms with Gasteiger partial charge in [0.15, 0.2) is 0 Å². The molecular weight excluding hydrogens is 426 g/mol. The number of amides is 2. The fourth-order valence-electron chi connectivity index (χ4n) is 3.14. The summed E-state index contributed by atoms with van der Waals surface area (Å²) in [6, 6.07) is 15.5. The van der Waals surface area contributed by atoms with E-state index in [4.69, 9.17) is 0 Å². The van der Waals surface area contributed by atoms with E-state index in [1.807, 2.05) is 51.1 Å². The van der Waals surface area contributed by atoms with Gasteiger partial charge in [0.25, 0.3) is 0 Å². The molecule has 0 aliphatic carbocycles. The maximum absolute atomic E-state index is 13.4. The summed E-state index contributed by atoms with van der Waals surface area (Å²) in [5.74, 6) is -0.456. The zero-order valence-corrected chi connectivity index (χ0v) is 20.2. The van der Waals surface area contributed by atoms with Crippen molar-refractivity contribution in [2.75, 3.05) is 23.7 Å². The number of carbonyl (C=O) groups is 2. The average Bonchev–Trinajstić information content (AvgIpc) is 2.74. The first-order chi connectivity index (χ1) is 15.0. The van der Waals surface area contributed by atoms with Crippen LogP contribution in [0.15, 0.2) is 54.6 Å². The lowest BCUT2D eigenvalue weighted by molar-refractivity contribution is -0.139. The number of rotatable bonds is 10. The second-order valence-electron chi connectivity index (χ2n) is 8.43. The first kappa shape index (κ1) is 25.4. The lowest BCUT2D eigenvalue weighted by Crippen LogP contribution is -2.51. The van der Waals surface area contributed by atoms with Crippen LogP contribution in [0.25, 0.3) is 0 Å². The lowest BCUT2D eigenvalue weighted by Gasteiger charge is -2.31. The van der Waals surface area contributed by atoms with Crippen molar-refractivity contribution in [3.8, 4) is 0 Å². The highest BCUT2D eigenvalue weighted by Gasteiger charge is 2.30. The number of hydrogen-bond donors (Lipinski definition) is 1. The van der Waals surface area contributed by atoms with Gasteiger partial charge in [-0.1, -0.05) is 61.9 Å². The predicted octanol–water partition coefficient (Wildman–Crippen LogP) is 2.95. The third kappa shape index (κ3) is 7.37. The number of carbonyl (C=O) groups excluding carboxylic acids is 2. The van der Waals surface area contributed by atoms with Gasteiger partial charge in [-0.25, -0.2) is 8.42 Å². The van der Waals surface area contributed by atoms with Gasteiger partial charge in [-0.05, 0) is 37.5 Å². The Bertz CT molecular complexity index is 1010. The SMILES string of the molecule is Cc1ccc(N(CC(=O)N(Cc2ccccc2)C(C)C(=O)NCC(C)C)S(C)(=O)=O)cc1. The number of hydrogen-bond acceptors (Lipinski definition) is 4. The number of nitrogens with zero attached hydrogens (tertiary/aromatic N) is 2. The molecule has 0 heterocycles. The molecule has 0 aliphatic heterocycles. The zero-order chi connectivity index (χ0) is 23.9. The third-order valence-corrected chi connectivity index (χ3v) is 6.19. The summed E-state index contributed by atoms with van der Waals surface area (Å²) in [7, 11) is -3.71. The summed E-state index contributed by atoms with van der Waals surface area (Å²) in [6.07, 6.45) is 1.07. The van der Waals surface area contributed by atoms with E-state index in [1.165, 1.54) is 4.90 Å². The van der Waals surface area contributed by atoms with E-state index in [-0.39, 0.29) is 18.4 Å². The molecule has 32 heavy (non-hydrogen) atoms. The van der Waals surface area contributed by atoms with Crippen molar-refractivity contribution in [1.29, 1.82) is 0 Å². The molecule has 1 N–H and O–H groups in total. The first-order valence-corrected chi connectivity index (χ1v) is 12.5. The van der Waals surface area contributed by atoms with Gasteiger partial charge in [-0.3, -0.25) is 13.9 Å². The van der Waals surface area contributed by atoms with Crippen molar-refractivity contribution >= 4 is 27.5 Å². The highest BCUT2D eigenvalue weighted by atomic mass is 32.2. The molecule has 2 rings (SSSR count). The molecule has 0 spiro atoms. The van der Waals surface area contributed by atoms with Crippen molar-refractivity contribution in [3.63, 3.8) is 0 Å². The number of aryl methyl sites for hydroxylation is 1. The van der Waals surface area contributed by atoms with E-state index in [0.717, 1.165) is 21.7 Å². The van der Waals surface area contributed by atoms with Gasteiger partial charge in [0.1, 0.15) is 12.6 Å². The molecule has 1 unspecified atom stereocenters. The Morgan fingerprint density at radius 2 is 1.56 bits per heavy atom. The number of nitrogens with one attached hydrogen (secondary N) is 1. The number of benzene rings is 2. The van der Waals surface area contributed by atoms with Crippen LogP contribution in [-0.2, 0) is 26.2 Å². The highest BCUT2D eigenvalue weighted by Crippen LogP contribution is 2.19. The van der Waals surface area contributed by atoms with Gasteiger partial charge in [-0.2, -0.15) is 0 Å². The van der Waals surface area contributed by atoms with Crippen molar-refractivity contribution < 1.29 is 18.0 Å². The van der Waals surface area contributed by atoms with Crippen LogP contribution >= 0.6 is 0 Å². The van der Waals surface area contributed by atoms with Crippen LogP contribution in [0.1, 0.15) is 31.9 Å². The summed E-state index contributed by atoms with van der Waals surface area (Å²) >= 11 is 0. The van der Waals surface area contributed by atoms with Crippen molar-refractivity contribution in [1.82, 2.24) is 10.2 Å². The van der Waals surface area contributed by atoms with Crippen molar-refractivity contribution in [2.24, 2.45) is 5.92 Å². The van der Waals surface area contributed by atoms with E-state index in [0.29, 0.717) is 12.2 Å². The zero-order valence-electron chi connectivity index (χ0n) is 19.4. The molecule has 0 saturated carbocycles. The third-order valence-electron chi connectivity index (χ3n) is 5.05. The Labute approximate surface area is 191 Å². The molecule has 174 valence electrons. The smallest absolute Gasteiger partial charge is 0.244 e. The Morgan fingerprint density at radius 3 is 2.09 bits per heavy atom. The maximum Gasteiger partial charge on any atom is 0.244 e. The van der Waals surface area contributed by atoms with Gasteiger partial charge in [0.05, 0.1) is 11.9 Å². The van der Waals surface area contributed by atoms with E-state index >= 15 is 0 Å². The van der Waals surface area contributed by atoms with Crippen LogP contribution in [0.5, 0.6) is 0 Å². The normalized spacial score (nSPS) is 12.3. The van der Waals surface area contributed by atoms with Crippen LogP contribution in [-0.4, -0.2) is 50.5 Å². The van der Waals surface area contributed by atoms with Crippen LogP contribution in [0, 0.1) is 12.8 Å². The van der Waals surface area contributed by atoms with Crippen LogP contribution < -0.4 is 9.62 Å². The molecule has 0 bridgehead atoms. The number of sulfonamides is 1. The van der Waals surface area contributed by atoms with Crippen LogP contribution in [0.3, 0.4) is 0 Å². The second kappa shape index (κ2) is 11.1. The Morgan fingerprint density at radius 1 is 0.969 bits per heavy atom. The molecule has 0 saturated heterocycles. The van der Waals surface area contributed by atoms with E-state index in [9.17, 15) is 18.0 Å². The molecule has 8 heteroatoms. The summed E-state index contributed by atoms with van der Waals surface area (Å²) in [4.78, 5) is 27.5. The van der Waals surface area contributed by atoms with Crippen LogP contribution in [0.2, 0.25) is 0 Å². The van der Waals surface area contributed by atoms with Gasteiger partial charge < -0.3 is 10.2 Å². The molecular formula is C24H33N3O4S. The quantitative estimate of drug-likeness (QED) is 0.592. The van der Waals surface area contributed by atoms with Crippen molar-refractivity contribution in [3.05, 3.63) is 65.7 Å². The molecule has 7 nitrogen and oxygen atoms in total. The molecule has 0 fully saturated rings. The molecule has 2 amide bonds. The summed E-state index contributed by atoms with van der Waals surface area (Å²) < 4.78 is 26.1. The summed E-state index contributed by atoms with van der Waals surface area (Å²) in [6.45, 7) is 7.84. The monoisotopic (exact) mass is 459 g/mol. The van der Waals surface area contributed by atoms with Gasteiger partial charge in [-0.15, -0.1) is 0 Å². The topological polar surface area (TPSA) is 86.8 Å². The van der Waals surface area contributed by atoms with E-state index in [2.05, 4.69) is 5.32 Å². The van der Waals surface area contributed by atoms with Gasteiger partial charge in [0, 0.05) is 13.1 Å². The lowest BCUT2D eigenvalue weighted by atomic mass is 10.1. The van der Waals surface area contributed by atoms with Crippen molar-refractivity contribution in [2.45, 2.75) is 40.3 Å². The molecule has 2 aromatic rings. The Balaban J connectivity index is 2.32. The minimum Gasteiger partial charge on any atom is -0.354 e. The standard InChI is InChI=1S/C24H33N3O4S/c1-18(2)15-25-24(29)20(4)26(16-21-9-7-6-8-10-21)23(28)17-27(32(5,30)31)22-13-11-19(3)12-14-22/h6-14,18,20H,15-17H2,1-5H3,(H,25,29). The molecule has 0 radical (unpaired) electrons. The fourth-order valence-corrected chi connectivity index (χ4v) is 3.99. The van der Waals surface area contributed by atoms with E-state index < -0.39 is 28.5 Å². The average molecular weight is 460 g/mol. The van der Waals surface area contributed by atoms with E-state index in [1.54, 1.807) is 31.2 Å². The second-order valence-corrected chi connectivity index (χ2v) is 10.3. The minimum absolute atomic E-state index is 0.196. The van der Waals surface area contributed by atoms with Gasteiger partial charge in [0.2, 0.25) is 21.8 Å². The fraction of sp³-hybridized carbons (Fsp3) is 0.417. The number of anilines is 1. The molecule has 0 aromatic heterocycles. The summed E-state index contributed by atoms with van der Waals surface area (Å²) in [5, 5.41) is 2.86. The van der Waals surface area contributed by atoms with Crippen LogP contribution in [0.4, 0.5) is 5.69 Å². The predicted molar refractivity (Wildman–Crippen MR) is 128 cm³/mol. The summed E-state index contributed by atoms with van der Waals surface area (Å²) in [5.41, 5.74) is 2.24. The minimum atomic E-state index is -3.71. The molecule has 2 aromatic carbocycles. The Kier molecular flexibility index (Phi) is 8.83.